The minimum Gasteiger partial charge on any atom is -0.496 e. The minimum absolute atomic E-state index is 0.687. The van der Waals surface area contributed by atoms with Gasteiger partial charge in [-0.25, -0.2) is 0 Å². The molecule has 2 heteroatoms. The van der Waals surface area contributed by atoms with Gasteiger partial charge < -0.3 is 10.1 Å². The molecule has 1 aromatic rings. The summed E-state index contributed by atoms with van der Waals surface area (Å²) >= 11 is 0. The maximum absolute atomic E-state index is 5.48. The zero-order valence-electron chi connectivity index (χ0n) is 11.1. The highest BCUT2D eigenvalue weighted by atomic mass is 16.5. The Hall–Kier alpha value is -1.02. The maximum Gasteiger partial charge on any atom is 0.123 e. The van der Waals surface area contributed by atoms with Gasteiger partial charge >= 0.3 is 0 Å². The number of methoxy groups -OCH3 is 1. The normalized spacial score (nSPS) is 15.3. The Labute approximate surface area is 104 Å². The fourth-order valence-corrected chi connectivity index (χ4v) is 2.07. The zero-order valence-corrected chi connectivity index (χ0v) is 11.1. The van der Waals surface area contributed by atoms with E-state index in [4.69, 9.17) is 4.74 Å². The van der Waals surface area contributed by atoms with Crippen LogP contribution >= 0.6 is 0 Å². The number of rotatable bonds is 6. The molecule has 0 radical (unpaired) electrons. The van der Waals surface area contributed by atoms with E-state index in [0.717, 1.165) is 24.8 Å². The summed E-state index contributed by atoms with van der Waals surface area (Å²) in [5.74, 6) is 2.51. The number of hydrogen-bond donors (Lipinski definition) is 1. The quantitative estimate of drug-likeness (QED) is 0.814. The highest BCUT2D eigenvalue weighted by Gasteiger charge is 2.24. The van der Waals surface area contributed by atoms with Crippen LogP contribution in [0.25, 0.3) is 0 Å². The number of hydrogen-bond acceptors (Lipinski definition) is 2. The van der Waals surface area contributed by atoms with Crippen LogP contribution in [0.3, 0.4) is 0 Å². The van der Waals surface area contributed by atoms with Gasteiger partial charge in [0.15, 0.2) is 0 Å². The van der Waals surface area contributed by atoms with E-state index < -0.39 is 0 Å². The molecule has 1 aliphatic rings. The Bertz CT molecular complexity index is 369. The van der Waals surface area contributed by atoms with Crippen molar-refractivity contribution in [1.29, 1.82) is 0 Å². The molecule has 0 bridgehead atoms. The van der Waals surface area contributed by atoms with Crippen molar-refractivity contribution in [1.82, 2.24) is 5.32 Å². The molecule has 0 heterocycles. The molecule has 94 valence electrons. The summed E-state index contributed by atoms with van der Waals surface area (Å²) in [7, 11) is 1.76. The van der Waals surface area contributed by atoms with Gasteiger partial charge in [0.2, 0.25) is 0 Å². The summed E-state index contributed by atoms with van der Waals surface area (Å²) < 4.78 is 5.48. The first-order chi connectivity index (χ1) is 8.20. The van der Waals surface area contributed by atoms with Crippen molar-refractivity contribution in [3.63, 3.8) is 0 Å². The van der Waals surface area contributed by atoms with Crippen LogP contribution in [0.1, 0.15) is 43.7 Å². The Morgan fingerprint density at radius 1 is 1.35 bits per heavy atom. The molecule has 0 spiro atoms. The molecule has 1 fully saturated rings. The van der Waals surface area contributed by atoms with Crippen molar-refractivity contribution < 1.29 is 4.74 Å². The van der Waals surface area contributed by atoms with Crippen LogP contribution in [-0.2, 0) is 6.54 Å². The zero-order chi connectivity index (χ0) is 12.3. The van der Waals surface area contributed by atoms with Crippen molar-refractivity contribution in [2.75, 3.05) is 13.7 Å². The first kappa shape index (κ1) is 12.4. The number of benzene rings is 1. The Morgan fingerprint density at radius 3 is 2.71 bits per heavy atom. The average molecular weight is 233 g/mol. The first-order valence-corrected chi connectivity index (χ1v) is 6.58. The molecule has 1 aliphatic carbocycles. The summed E-state index contributed by atoms with van der Waals surface area (Å²) in [5, 5.41) is 3.46. The van der Waals surface area contributed by atoms with Crippen LogP contribution in [0.15, 0.2) is 18.2 Å². The lowest BCUT2D eigenvalue weighted by Gasteiger charge is -2.12. The standard InChI is InChI=1S/C15H23NO/c1-11(2)9-16-10-14-7-6-13(12-4-5-12)8-15(14)17-3/h6-8,11-12,16H,4-5,9-10H2,1-3H3. The molecule has 0 unspecified atom stereocenters. The molecule has 0 atom stereocenters. The molecular formula is C15H23NO. The third kappa shape index (κ3) is 3.47. The second kappa shape index (κ2) is 5.54. The lowest BCUT2D eigenvalue weighted by atomic mass is 10.1. The van der Waals surface area contributed by atoms with E-state index in [9.17, 15) is 0 Å². The monoisotopic (exact) mass is 233 g/mol. The van der Waals surface area contributed by atoms with E-state index >= 15 is 0 Å². The summed E-state index contributed by atoms with van der Waals surface area (Å²) in [4.78, 5) is 0. The van der Waals surface area contributed by atoms with Gasteiger partial charge in [0.1, 0.15) is 5.75 Å². The van der Waals surface area contributed by atoms with Gasteiger partial charge in [-0.2, -0.15) is 0 Å². The maximum atomic E-state index is 5.48. The van der Waals surface area contributed by atoms with Crippen molar-refractivity contribution in [2.45, 2.75) is 39.2 Å². The molecule has 1 aromatic carbocycles. The Kier molecular flexibility index (Phi) is 4.06. The van der Waals surface area contributed by atoms with Crippen LogP contribution in [-0.4, -0.2) is 13.7 Å². The van der Waals surface area contributed by atoms with E-state index in [1.807, 2.05) is 0 Å². The summed E-state index contributed by atoms with van der Waals surface area (Å²) in [6.07, 6.45) is 2.68. The van der Waals surface area contributed by atoms with Crippen molar-refractivity contribution in [3.05, 3.63) is 29.3 Å². The molecule has 1 N–H and O–H groups in total. The lowest BCUT2D eigenvalue weighted by molar-refractivity contribution is 0.406. The van der Waals surface area contributed by atoms with Gasteiger partial charge in [-0.05, 0) is 42.9 Å². The molecule has 17 heavy (non-hydrogen) atoms. The van der Waals surface area contributed by atoms with Gasteiger partial charge in [-0.15, -0.1) is 0 Å². The van der Waals surface area contributed by atoms with Crippen molar-refractivity contribution in [2.24, 2.45) is 5.92 Å². The molecule has 1 saturated carbocycles. The highest BCUT2D eigenvalue weighted by molar-refractivity contribution is 5.40. The predicted molar refractivity (Wildman–Crippen MR) is 71.5 cm³/mol. The molecule has 0 saturated heterocycles. The van der Waals surface area contributed by atoms with Gasteiger partial charge in [0.25, 0.3) is 0 Å². The SMILES string of the molecule is COc1cc(C2CC2)ccc1CNCC(C)C. The average Bonchev–Trinajstić information content (AvgIpc) is 3.13. The van der Waals surface area contributed by atoms with Gasteiger partial charge in [-0.3, -0.25) is 0 Å². The number of nitrogens with one attached hydrogen (secondary N) is 1. The van der Waals surface area contributed by atoms with Crippen LogP contribution in [0.4, 0.5) is 0 Å². The number of ether oxygens (including phenoxy) is 1. The van der Waals surface area contributed by atoms with Crippen LogP contribution in [0.2, 0.25) is 0 Å². The molecule has 0 amide bonds. The van der Waals surface area contributed by atoms with E-state index in [1.54, 1.807) is 7.11 Å². The molecule has 2 rings (SSSR count). The minimum atomic E-state index is 0.687. The third-order valence-electron chi connectivity index (χ3n) is 3.23. The third-order valence-corrected chi connectivity index (χ3v) is 3.23. The second-order valence-corrected chi connectivity index (χ2v) is 5.37. The van der Waals surface area contributed by atoms with Crippen LogP contribution < -0.4 is 10.1 Å². The summed E-state index contributed by atoms with van der Waals surface area (Å²) in [6, 6.07) is 6.68. The molecule has 2 nitrogen and oxygen atoms in total. The summed E-state index contributed by atoms with van der Waals surface area (Å²) in [6.45, 7) is 6.39. The second-order valence-electron chi connectivity index (χ2n) is 5.37. The molecule has 0 aliphatic heterocycles. The van der Waals surface area contributed by atoms with Gasteiger partial charge in [-0.1, -0.05) is 26.0 Å². The van der Waals surface area contributed by atoms with Crippen LogP contribution in [0.5, 0.6) is 5.75 Å². The van der Waals surface area contributed by atoms with Gasteiger partial charge in [0.05, 0.1) is 7.11 Å². The van der Waals surface area contributed by atoms with E-state index in [0.29, 0.717) is 5.92 Å². The predicted octanol–water partition coefficient (Wildman–Crippen LogP) is 3.32. The first-order valence-electron chi connectivity index (χ1n) is 6.58. The van der Waals surface area contributed by atoms with Crippen molar-refractivity contribution >= 4 is 0 Å². The van der Waals surface area contributed by atoms with Crippen LogP contribution in [0, 0.1) is 5.92 Å². The lowest BCUT2D eigenvalue weighted by Crippen LogP contribution is -2.19. The largest absolute Gasteiger partial charge is 0.496 e. The Morgan fingerprint density at radius 2 is 2.12 bits per heavy atom. The summed E-state index contributed by atoms with van der Waals surface area (Å²) in [5.41, 5.74) is 2.70. The molecular weight excluding hydrogens is 210 g/mol. The van der Waals surface area contributed by atoms with E-state index in [2.05, 4.69) is 37.4 Å². The van der Waals surface area contributed by atoms with Crippen molar-refractivity contribution in [3.8, 4) is 5.75 Å². The Balaban J connectivity index is 2.00. The molecule has 0 aromatic heterocycles. The van der Waals surface area contributed by atoms with Gasteiger partial charge in [0, 0.05) is 12.1 Å². The van der Waals surface area contributed by atoms with E-state index in [-0.39, 0.29) is 0 Å². The highest BCUT2D eigenvalue weighted by Crippen LogP contribution is 2.41. The topological polar surface area (TPSA) is 21.3 Å². The van der Waals surface area contributed by atoms with E-state index in [1.165, 1.54) is 24.0 Å². The smallest absolute Gasteiger partial charge is 0.123 e. The fourth-order valence-electron chi connectivity index (χ4n) is 2.07. The fraction of sp³-hybridized carbons (Fsp3) is 0.600.